The molecule has 0 aliphatic carbocycles. The van der Waals surface area contributed by atoms with Gasteiger partial charge in [-0.3, -0.25) is 14.4 Å². The molecule has 0 saturated carbocycles. The Morgan fingerprint density at radius 1 is 0.972 bits per heavy atom. The van der Waals surface area contributed by atoms with Crippen molar-refractivity contribution in [3.8, 4) is 0 Å². The maximum absolute atomic E-state index is 13.2. The lowest BCUT2D eigenvalue weighted by molar-refractivity contribution is -0.142. The molecule has 10 nitrogen and oxygen atoms in total. The van der Waals surface area contributed by atoms with Crippen LogP contribution in [0.2, 0.25) is 0 Å². The van der Waals surface area contributed by atoms with Gasteiger partial charge in [-0.05, 0) is 42.9 Å². The van der Waals surface area contributed by atoms with E-state index in [1.807, 2.05) is 38.1 Å². The van der Waals surface area contributed by atoms with Crippen LogP contribution in [0, 0.1) is 11.8 Å². The maximum Gasteiger partial charge on any atom is 0.326 e. The number of H-pyrrole nitrogens is 1. The fraction of sp³-hybridized carbons (Fsp3) is 0.538. The average molecular weight is 500 g/mol. The summed E-state index contributed by atoms with van der Waals surface area (Å²) in [6, 6.07) is 4.23. The Balaban J connectivity index is 1.69. The summed E-state index contributed by atoms with van der Waals surface area (Å²) in [6.45, 7) is 7.93. The van der Waals surface area contributed by atoms with Crippen molar-refractivity contribution in [2.24, 2.45) is 11.8 Å². The SMILES string of the molecule is CC(C)C(NC(=O)C1CCCN1)C(=O)NC(C(=O)NC(Cc1c[nH]c2ccccc12)C(=O)O)C(C)C. The third-order valence-electron chi connectivity index (χ3n) is 6.58. The van der Waals surface area contributed by atoms with Crippen LogP contribution < -0.4 is 21.3 Å². The van der Waals surface area contributed by atoms with Gasteiger partial charge in [0.05, 0.1) is 6.04 Å². The summed E-state index contributed by atoms with van der Waals surface area (Å²) in [7, 11) is 0. The van der Waals surface area contributed by atoms with Crippen molar-refractivity contribution >= 4 is 34.6 Å². The lowest BCUT2D eigenvalue weighted by atomic mass is 9.98. The topological polar surface area (TPSA) is 152 Å². The van der Waals surface area contributed by atoms with Crippen LogP contribution >= 0.6 is 0 Å². The van der Waals surface area contributed by atoms with Crippen molar-refractivity contribution in [2.75, 3.05) is 6.54 Å². The summed E-state index contributed by atoms with van der Waals surface area (Å²) in [5, 5.41) is 21.9. The van der Waals surface area contributed by atoms with E-state index in [-0.39, 0.29) is 30.2 Å². The van der Waals surface area contributed by atoms with Crippen LogP contribution in [0.3, 0.4) is 0 Å². The number of aliphatic carboxylic acids is 1. The van der Waals surface area contributed by atoms with Gasteiger partial charge in [-0.2, -0.15) is 0 Å². The van der Waals surface area contributed by atoms with Crippen molar-refractivity contribution in [1.82, 2.24) is 26.3 Å². The van der Waals surface area contributed by atoms with Crippen LogP contribution in [0.15, 0.2) is 30.5 Å². The molecule has 1 aromatic heterocycles. The fourth-order valence-electron chi connectivity index (χ4n) is 4.46. The highest BCUT2D eigenvalue weighted by atomic mass is 16.4. The molecule has 1 aliphatic rings. The minimum Gasteiger partial charge on any atom is -0.480 e. The molecule has 4 atom stereocenters. The molecule has 1 aliphatic heterocycles. The van der Waals surface area contributed by atoms with Gasteiger partial charge in [-0.25, -0.2) is 4.79 Å². The summed E-state index contributed by atoms with van der Waals surface area (Å²) >= 11 is 0. The first-order valence-electron chi connectivity index (χ1n) is 12.5. The van der Waals surface area contributed by atoms with E-state index >= 15 is 0 Å². The highest BCUT2D eigenvalue weighted by Gasteiger charge is 2.34. The van der Waals surface area contributed by atoms with Crippen LogP contribution in [0.25, 0.3) is 10.9 Å². The van der Waals surface area contributed by atoms with E-state index in [4.69, 9.17) is 0 Å². The zero-order chi connectivity index (χ0) is 26.4. The summed E-state index contributed by atoms with van der Waals surface area (Å²) < 4.78 is 0. The Bertz CT molecular complexity index is 1090. The predicted molar refractivity (Wildman–Crippen MR) is 136 cm³/mol. The standard InChI is InChI=1S/C26H37N5O5/c1-14(2)21(31-25(34)22(15(3)4)30-23(32)19-10-7-11-27-19)24(33)29-20(26(35)36)12-16-13-28-18-9-6-5-8-17(16)18/h5-6,8-9,13-15,19-22,27-28H,7,10-12H2,1-4H3,(H,29,33)(H,30,32)(H,31,34)(H,35,36). The molecular formula is C26H37N5O5. The number of rotatable bonds is 11. The highest BCUT2D eigenvalue weighted by Crippen LogP contribution is 2.19. The van der Waals surface area contributed by atoms with Crippen LogP contribution in [0.5, 0.6) is 0 Å². The third kappa shape index (κ3) is 6.63. The molecule has 3 amide bonds. The lowest BCUT2D eigenvalue weighted by Gasteiger charge is -2.28. The number of carboxylic acid groups (broad SMARTS) is 1. The van der Waals surface area contributed by atoms with E-state index in [1.54, 1.807) is 20.0 Å². The maximum atomic E-state index is 13.2. The summed E-state index contributed by atoms with van der Waals surface area (Å²) in [6.07, 6.45) is 3.43. The van der Waals surface area contributed by atoms with E-state index in [0.29, 0.717) is 6.42 Å². The Kier molecular flexibility index (Phi) is 9.08. The largest absolute Gasteiger partial charge is 0.480 e. The zero-order valence-electron chi connectivity index (χ0n) is 21.3. The van der Waals surface area contributed by atoms with Crippen molar-refractivity contribution in [3.05, 3.63) is 36.0 Å². The highest BCUT2D eigenvalue weighted by molar-refractivity contribution is 5.94. The number of carbonyl (C=O) groups is 4. The molecule has 3 rings (SSSR count). The van der Waals surface area contributed by atoms with Gasteiger partial charge in [0.2, 0.25) is 17.7 Å². The second-order valence-electron chi connectivity index (χ2n) is 10.1. The zero-order valence-corrected chi connectivity index (χ0v) is 21.3. The summed E-state index contributed by atoms with van der Waals surface area (Å²) in [5.74, 6) is -2.99. The van der Waals surface area contributed by atoms with Crippen molar-refractivity contribution in [3.63, 3.8) is 0 Å². The number of carboxylic acids is 1. The Labute approximate surface area is 211 Å². The molecule has 4 unspecified atom stereocenters. The van der Waals surface area contributed by atoms with Gasteiger partial charge >= 0.3 is 5.97 Å². The van der Waals surface area contributed by atoms with E-state index in [2.05, 4.69) is 26.3 Å². The molecule has 6 N–H and O–H groups in total. The van der Waals surface area contributed by atoms with Gasteiger partial charge < -0.3 is 31.4 Å². The smallest absolute Gasteiger partial charge is 0.326 e. The second-order valence-corrected chi connectivity index (χ2v) is 10.1. The Morgan fingerprint density at radius 3 is 2.22 bits per heavy atom. The van der Waals surface area contributed by atoms with Gasteiger partial charge in [0, 0.05) is 23.5 Å². The van der Waals surface area contributed by atoms with Gasteiger partial charge in [0.1, 0.15) is 18.1 Å². The molecule has 0 bridgehead atoms. The predicted octanol–water partition coefficient (Wildman–Crippen LogP) is 1.31. The molecule has 36 heavy (non-hydrogen) atoms. The molecule has 1 aromatic carbocycles. The minimum atomic E-state index is -1.18. The molecule has 1 fully saturated rings. The Morgan fingerprint density at radius 2 is 1.61 bits per heavy atom. The molecule has 0 spiro atoms. The quantitative estimate of drug-likeness (QED) is 0.274. The molecule has 0 radical (unpaired) electrons. The number of hydrogen-bond acceptors (Lipinski definition) is 5. The summed E-state index contributed by atoms with van der Waals surface area (Å²) in [4.78, 5) is 54.0. The number of carbonyl (C=O) groups excluding carboxylic acids is 3. The number of hydrogen-bond donors (Lipinski definition) is 6. The van der Waals surface area contributed by atoms with Crippen molar-refractivity contribution in [1.29, 1.82) is 0 Å². The first kappa shape index (κ1) is 27.2. The summed E-state index contributed by atoms with van der Waals surface area (Å²) in [5.41, 5.74) is 1.65. The minimum absolute atomic E-state index is 0.0862. The molecular weight excluding hydrogens is 462 g/mol. The molecule has 1 saturated heterocycles. The first-order chi connectivity index (χ1) is 17.1. The van der Waals surface area contributed by atoms with E-state index < -0.39 is 35.9 Å². The van der Waals surface area contributed by atoms with Crippen molar-refractivity contribution < 1.29 is 24.3 Å². The lowest BCUT2D eigenvalue weighted by Crippen LogP contribution is -2.59. The fourth-order valence-corrected chi connectivity index (χ4v) is 4.46. The number of benzene rings is 1. The number of amides is 3. The number of aromatic nitrogens is 1. The van der Waals surface area contributed by atoms with E-state index in [0.717, 1.165) is 29.4 Å². The van der Waals surface area contributed by atoms with Gasteiger partial charge in [-0.1, -0.05) is 45.9 Å². The van der Waals surface area contributed by atoms with Crippen LogP contribution in [-0.4, -0.2) is 64.5 Å². The number of nitrogens with one attached hydrogen (secondary N) is 5. The number of aromatic amines is 1. The monoisotopic (exact) mass is 499 g/mol. The van der Waals surface area contributed by atoms with E-state index in [1.165, 1.54) is 0 Å². The molecule has 196 valence electrons. The molecule has 2 aromatic rings. The second kappa shape index (κ2) is 12.0. The van der Waals surface area contributed by atoms with Gasteiger partial charge in [0.25, 0.3) is 0 Å². The third-order valence-corrected chi connectivity index (χ3v) is 6.58. The Hall–Kier alpha value is -3.40. The van der Waals surface area contributed by atoms with E-state index in [9.17, 15) is 24.3 Å². The van der Waals surface area contributed by atoms with Crippen LogP contribution in [-0.2, 0) is 25.6 Å². The van der Waals surface area contributed by atoms with Gasteiger partial charge in [-0.15, -0.1) is 0 Å². The number of fused-ring (bicyclic) bond motifs is 1. The normalized spacial score (nSPS) is 18.1. The first-order valence-corrected chi connectivity index (χ1v) is 12.5. The molecule has 2 heterocycles. The van der Waals surface area contributed by atoms with Gasteiger partial charge in [0.15, 0.2) is 0 Å². The van der Waals surface area contributed by atoms with Crippen LogP contribution in [0.1, 0.15) is 46.1 Å². The van der Waals surface area contributed by atoms with Crippen molar-refractivity contribution in [2.45, 2.75) is 71.1 Å². The van der Waals surface area contributed by atoms with Crippen LogP contribution in [0.4, 0.5) is 0 Å². The molecule has 10 heteroatoms. The average Bonchev–Trinajstić information content (AvgIpc) is 3.50. The number of para-hydroxylation sites is 1.